The van der Waals surface area contributed by atoms with Crippen molar-refractivity contribution in [2.45, 2.75) is 6.54 Å². The fourth-order valence-electron chi connectivity index (χ4n) is 1.80. The van der Waals surface area contributed by atoms with E-state index in [0.717, 1.165) is 29.1 Å². The highest BCUT2D eigenvalue weighted by molar-refractivity contribution is 5.61. The Morgan fingerprint density at radius 2 is 2.12 bits per heavy atom. The molecular formula is C14H16N2O. The van der Waals surface area contributed by atoms with E-state index >= 15 is 0 Å². The zero-order chi connectivity index (χ0) is 12.1. The molecule has 0 saturated carbocycles. The van der Waals surface area contributed by atoms with Gasteiger partial charge in [-0.05, 0) is 37.4 Å². The molecule has 2 rings (SSSR count). The molecule has 1 aromatic carbocycles. The van der Waals surface area contributed by atoms with Crippen molar-refractivity contribution in [3.8, 4) is 17.0 Å². The number of hydrogen-bond donors (Lipinski definition) is 1. The van der Waals surface area contributed by atoms with Gasteiger partial charge in [0.2, 0.25) is 0 Å². The lowest BCUT2D eigenvalue weighted by atomic mass is 10.1. The molecule has 1 N–H and O–H groups in total. The Morgan fingerprint density at radius 3 is 2.76 bits per heavy atom. The summed E-state index contributed by atoms with van der Waals surface area (Å²) in [5.41, 5.74) is 3.22. The van der Waals surface area contributed by atoms with E-state index < -0.39 is 0 Å². The molecule has 0 aliphatic rings. The monoisotopic (exact) mass is 228 g/mol. The number of ether oxygens (including phenoxy) is 1. The van der Waals surface area contributed by atoms with Crippen LogP contribution in [0, 0.1) is 0 Å². The molecule has 0 amide bonds. The second-order valence-corrected chi connectivity index (χ2v) is 3.77. The van der Waals surface area contributed by atoms with Gasteiger partial charge in [0.15, 0.2) is 0 Å². The Morgan fingerprint density at radius 1 is 1.24 bits per heavy atom. The average Bonchev–Trinajstić information content (AvgIpc) is 2.40. The third-order valence-corrected chi connectivity index (χ3v) is 2.61. The van der Waals surface area contributed by atoms with Crippen molar-refractivity contribution < 1.29 is 4.74 Å². The van der Waals surface area contributed by atoms with Crippen molar-refractivity contribution in [3.05, 3.63) is 48.2 Å². The number of benzene rings is 1. The van der Waals surface area contributed by atoms with Gasteiger partial charge in [0, 0.05) is 23.9 Å². The van der Waals surface area contributed by atoms with E-state index in [-0.39, 0.29) is 0 Å². The summed E-state index contributed by atoms with van der Waals surface area (Å²) in [6.07, 6.45) is 1.80. The van der Waals surface area contributed by atoms with Gasteiger partial charge in [-0.2, -0.15) is 0 Å². The highest BCUT2D eigenvalue weighted by Crippen LogP contribution is 2.25. The van der Waals surface area contributed by atoms with Gasteiger partial charge in [-0.25, -0.2) is 0 Å². The van der Waals surface area contributed by atoms with Crippen LogP contribution >= 0.6 is 0 Å². The van der Waals surface area contributed by atoms with E-state index in [1.165, 1.54) is 0 Å². The minimum absolute atomic E-state index is 0.782. The van der Waals surface area contributed by atoms with Gasteiger partial charge < -0.3 is 10.1 Å². The molecule has 0 atom stereocenters. The first-order chi connectivity index (χ1) is 8.35. The topological polar surface area (TPSA) is 34.2 Å². The van der Waals surface area contributed by atoms with E-state index in [4.69, 9.17) is 4.74 Å². The van der Waals surface area contributed by atoms with Crippen LogP contribution < -0.4 is 10.1 Å². The Kier molecular flexibility index (Phi) is 3.73. The van der Waals surface area contributed by atoms with Gasteiger partial charge in [0.25, 0.3) is 0 Å². The van der Waals surface area contributed by atoms with Crippen molar-refractivity contribution in [3.63, 3.8) is 0 Å². The highest BCUT2D eigenvalue weighted by Gasteiger charge is 2.05. The zero-order valence-corrected chi connectivity index (χ0v) is 10.1. The van der Waals surface area contributed by atoms with Gasteiger partial charge in [0.05, 0.1) is 12.8 Å². The Hall–Kier alpha value is -1.87. The summed E-state index contributed by atoms with van der Waals surface area (Å²) < 4.78 is 5.33. The smallest absolute Gasteiger partial charge is 0.123 e. The summed E-state index contributed by atoms with van der Waals surface area (Å²) in [6, 6.07) is 12.0. The normalized spacial score (nSPS) is 10.2. The molecule has 88 valence electrons. The Balaban J connectivity index is 2.40. The third-order valence-electron chi connectivity index (χ3n) is 2.61. The molecule has 1 aromatic heterocycles. The lowest BCUT2D eigenvalue weighted by Gasteiger charge is -2.10. The number of aromatic nitrogens is 1. The summed E-state index contributed by atoms with van der Waals surface area (Å²) in [5.74, 6) is 0.902. The second-order valence-electron chi connectivity index (χ2n) is 3.77. The molecule has 0 aliphatic heterocycles. The molecule has 0 unspecified atom stereocenters. The number of methoxy groups -OCH3 is 1. The largest absolute Gasteiger partial charge is 0.496 e. The Labute approximate surface area is 101 Å². The predicted molar refractivity (Wildman–Crippen MR) is 69.0 cm³/mol. The van der Waals surface area contributed by atoms with E-state index in [1.807, 2.05) is 37.4 Å². The molecule has 17 heavy (non-hydrogen) atoms. The number of pyridine rings is 1. The standard InChI is InChI=1S/C14H16N2O/c1-15-10-12-9-11(6-7-14(12)17-2)13-5-3-4-8-16-13/h3-9,15H,10H2,1-2H3. The number of nitrogens with zero attached hydrogens (tertiary/aromatic N) is 1. The van der Waals surface area contributed by atoms with E-state index in [2.05, 4.69) is 16.4 Å². The van der Waals surface area contributed by atoms with E-state index in [0.29, 0.717) is 0 Å². The number of rotatable bonds is 4. The first-order valence-corrected chi connectivity index (χ1v) is 5.58. The van der Waals surface area contributed by atoms with Crippen LogP contribution in [0.15, 0.2) is 42.6 Å². The number of nitrogens with one attached hydrogen (secondary N) is 1. The van der Waals surface area contributed by atoms with E-state index in [1.54, 1.807) is 13.3 Å². The lowest BCUT2D eigenvalue weighted by molar-refractivity contribution is 0.408. The molecule has 2 aromatic rings. The fraction of sp³-hybridized carbons (Fsp3) is 0.214. The summed E-state index contributed by atoms with van der Waals surface area (Å²) in [6.45, 7) is 0.782. The van der Waals surface area contributed by atoms with Crippen LogP contribution in [0.5, 0.6) is 5.75 Å². The highest BCUT2D eigenvalue weighted by atomic mass is 16.5. The molecule has 0 saturated heterocycles. The van der Waals surface area contributed by atoms with Crippen molar-refractivity contribution in [1.29, 1.82) is 0 Å². The minimum Gasteiger partial charge on any atom is -0.496 e. The SMILES string of the molecule is CNCc1cc(-c2ccccn2)ccc1OC. The lowest BCUT2D eigenvalue weighted by Crippen LogP contribution is -2.06. The summed E-state index contributed by atoms with van der Waals surface area (Å²) in [7, 11) is 3.61. The van der Waals surface area contributed by atoms with Gasteiger partial charge >= 0.3 is 0 Å². The van der Waals surface area contributed by atoms with Crippen LogP contribution in [0.3, 0.4) is 0 Å². The van der Waals surface area contributed by atoms with Crippen LogP contribution in [-0.2, 0) is 6.54 Å². The molecule has 3 heteroatoms. The molecule has 3 nitrogen and oxygen atoms in total. The van der Waals surface area contributed by atoms with Crippen molar-refractivity contribution in [2.24, 2.45) is 0 Å². The molecular weight excluding hydrogens is 212 g/mol. The zero-order valence-electron chi connectivity index (χ0n) is 10.1. The first-order valence-electron chi connectivity index (χ1n) is 5.58. The van der Waals surface area contributed by atoms with Gasteiger partial charge in [-0.3, -0.25) is 4.98 Å². The van der Waals surface area contributed by atoms with E-state index in [9.17, 15) is 0 Å². The quantitative estimate of drug-likeness (QED) is 0.873. The van der Waals surface area contributed by atoms with Crippen molar-refractivity contribution in [2.75, 3.05) is 14.2 Å². The maximum atomic E-state index is 5.33. The van der Waals surface area contributed by atoms with Gasteiger partial charge in [-0.1, -0.05) is 6.07 Å². The summed E-state index contributed by atoms with van der Waals surface area (Å²) in [4.78, 5) is 4.34. The first kappa shape index (κ1) is 11.6. The van der Waals surface area contributed by atoms with Crippen molar-refractivity contribution in [1.82, 2.24) is 10.3 Å². The van der Waals surface area contributed by atoms with Crippen LogP contribution in [0.2, 0.25) is 0 Å². The summed E-state index contributed by atoms with van der Waals surface area (Å²) >= 11 is 0. The number of hydrogen-bond acceptors (Lipinski definition) is 3. The predicted octanol–water partition coefficient (Wildman–Crippen LogP) is 2.48. The second kappa shape index (κ2) is 5.46. The van der Waals surface area contributed by atoms with Gasteiger partial charge in [-0.15, -0.1) is 0 Å². The van der Waals surface area contributed by atoms with Crippen LogP contribution in [-0.4, -0.2) is 19.1 Å². The molecule has 0 fully saturated rings. The maximum Gasteiger partial charge on any atom is 0.123 e. The molecule has 1 heterocycles. The van der Waals surface area contributed by atoms with Crippen molar-refractivity contribution >= 4 is 0 Å². The van der Waals surface area contributed by atoms with Gasteiger partial charge in [0.1, 0.15) is 5.75 Å². The molecule has 0 aliphatic carbocycles. The van der Waals surface area contributed by atoms with Crippen LogP contribution in [0.1, 0.15) is 5.56 Å². The third kappa shape index (κ3) is 2.63. The minimum atomic E-state index is 0.782. The molecule has 0 radical (unpaired) electrons. The molecule has 0 spiro atoms. The molecule has 0 bridgehead atoms. The average molecular weight is 228 g/mol. The van der Waals surface area contributed by atoms with Crippen LogP contribution in [0.25, 0.3) is 11.3 Å². The summed E-state index contributed by atoms with van der Waals surface area (Å²) in [5, 5.41) is 3.14. The van der Waals surface area contributed by atoms with Crippen LogP contribution in [0.4, 0.5) is 0 Å². The fourth-order valence-corrected chi connectivity index (χ4v) is 1.80. The Bertz CT molecular complexity index is 483. The maximum absolute atomic E-state index is 5.33.